The van der Waals surface area contributed by atoms with E-state index in [1.54, 1.807) is 0 Å². The minimum atomic E-state index is 0.470. The van der Waals surface area contributed by atoms with E-state index in [4.69, 9.17) is 11.6 Å². The third kappa shape index (κ3) is 4.99. The summed E-state index contributed by atoms with van der Waals surface area (Å²) in [5.41, 5.74) is 1.23. The number of nitrogens with one attached hydrogen (secondary N) is 2. The van der Waals surface area contributed by atoms with Crippen LogP contribution in [0.2, 0.25) is 5.02 Å². The molecule has 0 aliphatic carbocycles. The first kappa shape index (κ1) is 14.2. The van der Waals surface area contributed by atoms with Gasteiger partial charge < -0.3 is 10.6 Å². The van der Waals surface area contributed by atoms with Gasteiger partial charge in [-0.1, -0.05) is 24.6 Å². The van der Waals surface area contributed by atoms with Gasteiger partial charge in [0, 0.05) is 22.7 Å². The summed E-state index contributed by atoms with van der Waals surface area (Å²) >= 11 is 8.30. The highest BCUT2D eigenvalue weighted by Crippen LogP contribution is 2.19. The maximum Gasteiger partial charge on any atom is 0.0542 e. The minimum Gasteiger partial charge on any atom is -0.315 e. The molecule has 0 heterocycles. The SMILES string of the molecule is CCNCC(C)NCc1ccc(I)c(Cl)c1. The van der Waals surface area contributed by atoms with E-state index in [1.165, 1.54) is 5.56 Å². The Morgan fingerprint density at radius 2 is 2.19 bits per heavy atom. The second kappa shape index (κ2) is 7.48. The van der Waals surface area contributed by atoms with Gasteiger partial charge in [0.25, 0.3) is 0 Å². The summed E-state index contributed by atoms with van der Waals surface area (Å²) in [4.78, 5) is 0. The van der Waals surface area contributed by atoms with Crippen LogP contribution < -0.4 is 10.6 Å². The summed E-state index contributed by atoms with van der Waals surface area (Å²) in [6, 6.07) is 6.66. The van der Waals surface area contributed by atoms with Gasteiger partial charge in [-0.15, -0.1) is 0 Å². The Morgan fingerprint density at radius 3 is 2.81 bits per heavy atom. The lowest BCUT2D eigenvalue weighted by molar-refractivity contribution is 0.509. The molecule has 1 aromatic rings. The second-order valence-corrected chi connectivity index (χ2v) is 5.41. The molecule has 1 aromatic carbocycles. The van der Waals surface area contributed by atoms with Crippen LogP contribution in [0.5, 0.6) is 0 Å². The second-order valence-electron chi connectivity index (χ2n) is 3.84. The van der Waals surface area contributed by atoms with Gasteiger partial charge in [-0.25, -0.2) is 0 Å². The molecule has 0 aliphatic rings. The van der Waals surface area contributed by atoms with Gasteiger partial charge >= 0.3 is 0 Å². The zero-order chi connectivity index (χ0) is 12.0. The van der Waals surface area contributed by atoms with Crippen LogP contribution in [0.1, 0.15) is 19.4 Å². The number of rotatable bonds is 6. The molecule has 0 bridgehead atoms. The monoisotopic (exact) mass is 352 g/mol. The fraction of sp³-hybridized carbons (Fsp3) is 0.500. The molecule has 2 N–H and O–H groups in total. The molecule has 0 saturated carbocycles. The number of hydrogen-bond acceptors (Lipinski definition) is 2. The van der Waals surface area contributed by atoms with Crippen molar-refractivity contribution in [3.8, 4) is 0 Å². The molecule has 0 aromatic heterocycles. The van der Waals surface area contributed by atoms with Gasteiger partial charge in [0.05, 0.1) is 5.02 Å². The van der Waals surface area contributed by atoms with E-state index in [-0.39, 0.29) is 0 Å². The Labute approximate surface area is 116 Å². The van der Waals surface area contributed by atoms with E-state index in [0.29, 0.717) is 6.04 Å². The van der Waals surface area contributed by atoms with Gasteiger partial charge in [-0.2, -0.15) is 0 Å². The molecular formula is C12H18ClIN2. The van der Waals surface area contributed by atoms with Gasteiger partial charge in [0.15, 0.2) is 0 Å². The Bertz CT molecular complexity index is 331. The summed E-state index contributed by atoms with van der Waals surface area (Å²) in [6.45, 7) is 7.17. The van der Waals surface area contributed by atoms with Crippen molar-refractivity contribution in [3.63, 3.8) is 0 Å². The normalized spacial score (nSPS) is 12.8. The number of benzene rings is 1. The van der Waals surface area contributed by atoms with Crippen molar-refractivity contribution < 1.29 is 0 Å². The van der Waals surface area contributed by atoms with E-state index in [9.17, 15) is 0 Å². The minimum absolute atomic E-state index is 0.470. The van der Waals surface area contributed by atoms with Crippen LogP contribution in [0, 0.1) is 3.57 Å². The van der Waals surface area contributed by atoms with Crippen molar-refractivity contribution >= 4 is 34.2 Å². The highest BCUT2D eigenvalue weighted by Gasteiger charge is 2.02. The van der Waals surface area contributed by atoms with Crippen molar-refractivity contribution in [3.05, 3.63) is 32.4 Å². The molecule has 0 spiro atoms. The van der Waals surface area contributed by atoms with E-state index >= 15 is 0 Å². The summed E-state index contributed by atoms with van der Waals surface area (Å²) in [7, 11) is 0. The summed E-state index contributed by atoms with van der Waals surface area (Å²) in [6.07, 6.45) is 0. The fourth-order valence-electron chi connectivity index (χ4n) is 1.37. The summed E-state index contributed by atoms with van der Waals surface area (Å²) in [5, 5.41) is 7.60. The number of likely N-dealkylation sites (N-methyl/N-ethyl adjacent to an activating group) is 1. The maximum atomic E-state index is 6.07. The highest BCUT2D eigenvalue weighted by molar-refractivity contribution is 14.1. The van der Waals surface area contributed by atoms with Crippen LogP contribution in [-0.2, 0) is 6.54 Å². The van der Waals surface area contributed by atoms with Crippen LogP contribution in [0.3, 0.4) is 0 Å². The predicted octanol–water partition coefficient (Wildman–Crippen LogP) is 3.03. The molecular weight excluding hydrogens is 335 g/mol. The lowest BCUT2D eigenvalue weighted by atomic mass is 10.2. The standard InChI is InChI=1S/C12H18ClIN2/c1-3-15-7-9(2)16-8-10-4-5-12(14)11(13)6-10/h4-6,9,15-16H,3,7-8H2,1-2H3. The van der Waals surface area contributed by atoms with E-state index in [1.807, 2.05) is 6.07 Å². The molecule has 0 aliphatic heterocycles. The molecule has 90 valence electrons. The molecule has 1 unspecified atom stereocenters. The molecule has 4 heteroatoms. The molecule has 0 fully saturated rings. The van der Waals surface area contributed by atoms with Gasteiger partial charge in [-0.3, -0.25) is 0 Å². The molecule has 1 rings (SSSR count). The van der Waals surface area contributed by atoms with Crippen molar-refractivity contribution in [1.29, 1.82) is 0 Å². The average molecular weight is 353 g/mol. The number of hydrogen-bond donors (Lipinski definition) is 2. The van der Waals surface area contributed by atoms with Crippen LogP contribution >= 0.6 is 34.2 Å². The molecule has 2 nitrogen and oxygen atoms in total. The van der Waals surface area contributed by atoms with E-state index < -0.39 is 0 Å². The lowest BCUT2D eigenvalue weighted by Crippen LogP contribution is -2.35. The van der Waals surface area contributed by atoms with Crippen molar-refractivity contribution in [1.82, 2.24) is 10.6 Å². The average Bonchev–Trinajstić information content (AvgIpc) is 2.28. The number of halogens is 2. The zero-order valence-electron chi connectivity index (χ0n) is 9.69. The van der Waals surface area contributed by atoms with E-state index in [0.717, 1.165) is 28.2 Å². The first-order chi connectivity index (χ1) is 7.63. The third-order valence-electron chi connectivity index (χ3n) is 2.34. The lowest BCUT2D eigenvalue weighted by Gasteiger charge is -2.14. The van der Waals surface area contributed by atoms with Crippen LogP contribution in [0.4, 0.5) is 0 Å². The first-order valence-electron chi connectivity index (χ1n) is 5.51. The highest BCUT2D eigenvalue weighted by atomic mass is 127. The quantitative estimate of drug-likeness (QED) is 0.769. The van der Waals surface area contributed by atoms with Crippen LogP contribution in [0.15, 0.2) is 18.2 Å². The molecule has 0 amide bonds. The predicted molar refractivity (Wildman–Crippen MR) is 79.0 cm³/mol. The van der Waals surface area contributed by atoms with Gasteiger partial charge in [0.1, 0.15) is 0 Å². The summed E-state index contributed by atoms with van der Waals surface area (Å²) < 4.78 is 1.10. The molecule has 1 atom stereocenters. The van der Waals surface area contributed by atoms with Crippen LogP contribution in [0.25, 0.3) is 0 Å². The molecule has 0 radical (unpaired) electrons. The fourth-order valence-corrected chi connectivity index (χ4v) is 1.91. The Hall–Kier alpha value is 0.160. The largest absolute Gasteiger partial charge is 0.315 e. The third-order valence-corrected chi connectivity index (χ3v) is 3.91. The van der Waals surface area contributed by atoms with Crippen molar-refractivity contribution in [2.45, 2.75) is 26.4 Å². The Morgan fingerprint density at radius 1 is 1.44 bits per heavy atom. The summed E-state index contributed by atoms with van der Waals surface area (Å²) in [5.74, 6) is 0. The Balaban J connectivity index is 2.39. The van der Waals surface area contributed by atoms with Crippen LogP contribution in [-0.4, -0.2) is 19.1 Å². The molecule has 16 heavy (non-hydrogen) atoms. The molecule has 0 saturated heterocycles. The van der Waals surface area contributed by atoms with Gasteiger partial charge in [0.2, 0.25) is 0 Å². The topological polar surface area (TPSA) is 24.1 Å². The first-order valence-corrected chi connectivity index (χ1v) is 6.97. The van der Waals surface area contributed by atoms with Crippen molar-refractivity contribution in [2.24, 2.45) is 0 Å². The van der Waals surface area contributed by atoms with E-state index in [2.05, 4.69) is 59.2 Å². The smallest absolute Gasteiger partial charge is 0.0542 e. The van der Waals surface area contributed by atoms with Gasteiger partial charge in [-0.05, 0) is 53.8 Å². The Kier molecular flexibility index (Phi) is 6.65. The maximum absolute atomic E-state index is 6.07. The zero-order valence-corrected chi connectivity index (χ0v) is 12.6. The van der Waals surface area contributed by atoms with Crippen molar-refractivity contribution in [2.75, 3.05) is 13.1 Å².